The summed E-state index contributed by atoms with van der Waals surface area (Å²) < 4.78 is 5.77. The third-order valence-corrected chi connectivity index (χ3v) is 5.06. The number of fused-ring (bicyclic) bond motifs is 1. The first-order valence-corrected chi connectivity index (χ1v) is 9.90. The average Bonchev–Trinajstić information content (AvgIpc) is 2.70. The molecule has 2 aromatic rings. The minimum absolute atomic E-state index is 0.107. The minimum Gasteiger partial charge on any atom is -0.487 e. The van der Waals surface area contributed by atoms with Crippen LogP contribution < -0.4 is 15.0 Å². The van der Waals surface area contributed by atoms with Gasteiger partial charge in [-0.1, -0.05) is 48.9 Å². The molecular formula is C22H25ClN2O3. The second-order valence-corrected chi connectivity index (χ2v) is 7.60. The third kappa shape index (κ3) is 5.04. The predicted octanol–water partition coefficient (Wildman–Crippen LogP) is 4.15. The van der Waals surface area contributed by atoms with Gasteiger partial charge in [-0.25, -0.2) is 0 Å². The van der Waals surface area contributed by atoms with Crippen molar-refractivity contribution >= 4 is 29.1 Å². The first-order valence-electron chi connectivity index (χ1n) is 9.52. The lowest BCUT2D eigenvalue weighted by molar-refractivity contribution is -0.125. The number of hydrogen-bond acceptors (Lipinski definition) is 3. The summed E-state index contributed by atoms with van der Waals surface area (Å²) in [5.41, 5.74) is 1.84. The van der Waals surface area contributed by atoms with Crippen molar-refractivity contribution in [1.82, 2.24) is 5.32 Å². The molecule has 1 N–H and O–H groups in total. The van der Waals surface area contributed by atoms with Crippen LogP contribution >= 0.6 is 11.6 Å². The Labute approximate surface area is 170 Å². The van der Waals surface area contributed by atoms with Crippen LogP contribution in [0.15, 0.2) is 48.5 Å². The zero-order valence-corrected chi connectivity index (χ0v) is 16.9. The van der Waals surface area contributed by atoms with Crippen molar-refractivity contribution < 1.29 is 14.3 Å². The van der Waals surface area contributed by atoms with Crippen LogP contribution in [0.1, 0.15) is 38.2 Å². The first kappa shape index (κ1) is 20.2. The molecule has 28 heavy (non-hydrogen) atoms. The molecule has 0 spiro atoms. The number of carbonyl (C=O) groups is 2. The van der Waals surface area contributed by atoms with Crippen LogP contribution in [-0.2, 0) is 9.59 Å². The fourth-order valence-electron chi connectivity index (χ4n) is 3.26. The summed E-state index contributed by atoms with van der Waals surface area (Å²) in [4.78, 5) is 26.6. The summed E-state index contributed by atoms with van der Waals surface area (Å²) in [6, 6.07) is 15.3. The summed E-state index contributed by atoms with van der Waals surface area (Å²) in [6.07, 6.45) is 0.185. The molecule has 2 amide bonds. The summed E-state index contributed by atoms with van der Waals surface area (Å²) >= 11 is 6.07. The lowest BCUT2D eigenvalue weighted by atomic mass is 10.0. The molecule has 0 radical (unpaired) electrons. The Hall–Kier alpha value is -2.53. The molecule has 0 fully saturated rings. The van der Waals surface area contributed by atoms with Gasteiger partial charge in [0, 0.05) is 24.4 Å². The highest BCUT2D eigenvalue weighted by atomic mass is 35.5. The van der Waals surface area contributed by atoms with Gasteiger partial charge in [0.25, 0.3) is 0 Å². The molecule has 0 saturated carbocycles. The van der Waals surface area contributed by atoms with E-state index in [0.717, 1.165) is 0 Å². The SMILES string of the molecule is CC1CN(C(=O)CCC(=O)NCC(C)c2ccccc2)c2cc(Cl)ccc2O1. The lowest BCUT2D eigenvalue weighted by Crippen LogP contribution is -2.42. The number of nitrogens with zero attached hydrogens (tertiary/aromatic N) is 1. The second-order valence-electron chi connectivity index (χ2n) is 7.16. The Morgan fingerprint density at radius 3 is 2.71 bits per heavy atom. The zero-order chi connectivity index (χ0) is 20.1. The number of nitrogens with one attached hydrogen (secondary N) is 1. The predicted molar refractivity (Wildman–Crippen MR) is 111 cm³/mol. The molecule has 0 aromatic heterocycles. The molecule has 1 heterocycles. The van der Waals surface area contributed by atoms with E-state index < -0.39 is 0 Å². The van der Waals surface area contributed by atoms with Gasteiger partial charge in [-0.3, -0.25) is 9.59 Å². The minimum atomic E-state index is -0.122. The first-order chi connectivity index (χ1) is 13.4. The van der Waals surface area contributed by atoms with Gasteiger partial charge in [-0.15, -0.1) is 0 Å². The van der Waals surface area contributed by atoms with Gasteiger partial charge in [0.1, 0.15) is 11.9 Å². The number of amides is 2. The molecule has 0 saturated heterocycles. The number of anilines is 1. The van der Waals surface area contributed by atoms with Crippen molar-refractivity contribution in [3.8, 4) is 5.75 Å². The molecule has 1 aliphatic rings. The van der Waals surface area contributed by atoms with E-state index in [1.807, 2.05) is 37.3 Å². The van der Waals surface area contributed by atoms with Crippen LogP contribution in [0.2, 0.25) is 5.02 Å². The van der Waals surface area contributed by atoms with Gasteiger partial charge in [-0.05, 0) is 36.6 Å². The third-order valence-electron chi connectivity index (χ3n) is 4.82. The van der Waals surface area contributed by atoms with E-state index in [9.17, 15) is 9.59 Å². The van der Waals surface area contributed by atoms with Crippen LogP contribution in [0.5, 0.6) is 5.75 Å². The van der Waals surface area contributed by atoms with Crippen molar-refractivity contribution in [2.24, 2.45) is 0 Å². The van der Waals surface area contributed by atoms with Crippen molar-refractivity contribution in [3.05, 3.63) is 59.1 Å². The molecular weight excluding hydrogens is 376 g/mol. The molecule has 1 aliphatic heterocycles. The normalized spacial score (nSPS) is 16.7. The molecule has 0 aliphatic carbocycles. The topological polar surface area (TPSA) is 58.6 Å². The van der Waals surface area contributed by atoms with Gasteiger partial charge in [0.15, 0.2) is 0 Å². The Balaban J connectivity index is 1.53. The van der Waals surface area contributed by atoms with E-state index in [1.54, 1.807) is 23.1 Å². The van der Waals surface area contributed by atoms with Gasteiger partial charge in [0.05, 0.1) is 12.2 Å². The molecule has 2 atom stereocenters. The summed E-state index contributed by atoms with van der Waals surface area (Å²) in [5, 5.41) is 3.46. The summed E-state index contributed by atoms with van der Waals surface area (Å²) in [7, 11) is 0. The van der Waals surface area contributed by atoms with Crippen molar-refractivity contribution in [2.45, 2.75) is 38.7 Å². The number of halogens is 1. The molecule has 148 valence electrons. The van der Waals surface area contributed by atoms with Crippen LogP contribution in [0.4, 0.5) is 5.69 Å². The van der Waals surface area contributed by atoms with E-state index in [-0.39, 0.29) is 36.7 Å². The van der Waals surface area contributed by atoms with Crippen LogP contribution in [0.25, 0.3) is 0 Å². The monoisotopic (exact) mass is 400 g/mol. The van der Waals surface area contributed by atoms with E-state index in [1.165, 1.54) is 5.56 Å². The zero-order valence-electron chi connectivity index (χ0n) is 16.2. The van der Waals surface area contributed by atoms with Crippen molar-refractivity contribution in [1.29, 1.82) is 0 Å². The number of carbonyl (C=O) groups excluding carboxylic acids is 2. The maximum Gasteiger partial charge on any atom is 0.227 e. The van der Waals surface area contributed by atoms with E-state index in [4.69, 9.17) is 16.3 Å². The number of hydrogen-bond donors (Lipinski definition) is 1. The highest BCUT2D eigenvalue weighted by Gasteiger charge is 2.28. The van der Waals surface area contributed by atoms with E-state index >= 15 is 0 Å². The fraction of sp³-hybridized carbons (Fsp3) is 0.364. The largest absolute Gasteiger partial charge is 0.487 e. The number of ether oxygens (including phenoxy) is 1. The van der Waals surface area contributed by atoms with Crippen LogP contribution in [0, 0.1) is 0 Å². The van der Waals surface area contributed by atoms with Crippen LogP contribution in [0.3, 0.4) is 0 Å². The molecule has 2 aromatic carbocycles. The van der Waals surface area contributed by atoms with Gasteiger partial charge < -0.3 is 15.0 Å². The second kappa shape index (κ2) is 9.11. The van der Waals surface area contributed by atoms with E-state index in [0.29, 0.717) is 29.5 Å². The Bertz CT molecular complexity index is 841. The Kier molecular flexibility index (Phi) is 6.57. The summed E-state index contributed by atoms with van der Waals surface area (Å²) in [5.74, 6) is 0.626. The Morgan fingerprint density at radius 2 is 1.96 bits per heavy atom. The average molecular weight is 401 g/mol. The van der Waals surface area contributed by atoms with E-state index in [2.05, 4.69) is 12.2 Å². The lowest BCUT2D eigenvalue weighted by Gasteiger charge is -2.33. The number of rotatable bonds is 6. The molecule has 5 nitrogen and oxygen atoms in total. The molecule has 3 rings (SSSR count). The van der Waals surface area contributed by atoms with Gasteiger partial charge in [0.2, 0.25) is 11.8 Å². The van der Waals surface area contributed by atoms with Crippen LogP contribution in [-0.4, -0.2) is 31.0 Å². The summed E-state index contributed by atoms with van der Waals surface area (Å²) in [6.45, 7) is 4.97. The molecule has 2 unspecified atom stereocenters. The van der Waals surface area contributed by atoms with Crippen molar-refractivity contribution in [2.75, 3.05) is 18.0 Å². The Morgan fingerprint density at radius 1 is 1.21 bits per heavy atom. The quantitative estimate of drug-likeness (QED) is 0.792. The number of benzene rings is 2. The maximum absolute atomic E-state index is 12.7. The van der Waals surface area contributed by atoms with Gasteiger partial charge >= 0.3 is 0 Å². The molecule has 6 heteroatoms. The van der Waals surface area contributed by atoms with Crippen molar-refractivity contribution in [3.63, 3.8) is 0 Å². The maximum atomic E-state index is 12.7. The van der Waals surface area contributed by atoms with Gasteiger partial charge in [-0.2, -0.15) is 0 Å². The molecule has 0 bridgehead atoms. The highest BCUT2D eigenvalue weighted by molar-refractivity contribution is 6.31. The fourth-order valence-corrected chi connectivity index (χ4v) is 3.42. The highest BCUT2D eigenvalue weighted by Crippen LogP contribution is 2.36. The standard InChI is InChI=1S/C22H25ClN2O3/c1-15(17-6-4-3-5-7-17)13-24-21(26)10-11-22(27)25-14-16(2)28-20-9-8-18(23)12-19(20)25/h3-9,12,15-16H,10-11,13-14H2,1-2H3,(H,24,26). The smallest absolute Gasteiger partial charge is 0.227 e.